The highest BCUT2D eigenvalue weighted by atomic mass is 32.1. The number of nitriles is 1. The standard InChI is InChI=1S/C20H17N4.CHNS/c1-4-10-17(11-5-1)21-20-22-24(19-14-8-3-9-15-19)16-23(20)18-12-6-2-7-13-18;2-1-3/h1-16H,(H,21,22);3H/q+1;/p-1. The van der Waals surface area contributed by atoms with E-state index in [1.54, 1.807) is 0 Å². The molecule has 0 saturated carbocycles. The van der Waals surface area contributed by atoms with Crippen LogP contribution in [0.4, 0.5) is 11.6 Å². The number of anilines is 2. The van der Waals surface area contributed by atoms with Crippen LogP contribution in [0, 0.1) is 10.7 Å². The first-order valence-corrected chi connectivity index (χ1v) is 8.68. The van der Waals surface area contributed by atoms with Crippen LogP contribution in [-0.4, -0.2) is 9.78 Å². The zero-order chi connectivity index (χ0) is 18.9. The van der Waals surface area contributed by atoms with Crippen molar-refractivity contribution in [1.82, 2.24) is 9.78 Å². The van der Waals surface area contributed by atoms with Crippen LogP contribution in [-0.2, 0) is 12.6 Å². The molecule has 0 aliphatic heterocycles. The number of nitrogens with zero attached hydrogens (tertiary/aromatic N) is 4. The van der Waals surface area contributed by atoms with Crippen LogP contribution in [0.1, 0.15) is 0 Å². The van der Waals surface area contributed by atoms with Crippen LogP contribution in [0.5, 0.6) is 0 Å². The summed E-state index contributed by atoms with van der Waals surface area (Å²) in [5, 5.41) is 16.6. The summed E-state index contributed by atoms with van der Waals surface area (Å²) in [6.45, 7) is 0. The first kappa shape index (κ1) is 18.1. The fourth-order valence-corrected chi connectivity index (χ4v) is 2.56. The van der Waals surface area contributed by atoms with E-state index >= 15 is 0 Å². The number of aromatic nitrogens is 3. The van der Waals surface area contributed by atoms with Gasteiger partial charge in [0.05, 0.1) is 11.4 Å². The maximum atomic E-state index is 7.13. The molecule has 0 fully saturated rings. The second-order valence-electron chi connectivity index (χ2n) is 5.51. The number of hydrogen-bond acceptors (Lipinski definition) is 4. The molecule has 3 aromatic carbocycles. The monoisotopic (exact) mass is 371 g/mol. The number of para-hydroxylation sites is 3. The molecule has 0 bridgehead atoms. The van der Waals surface area contributed by atoms with E-state index in [4.69, 9.17) is 10.4 Å². The summed E-state index contributed by atoms with van der Waals surface area (Å²) in [4.78, 5) is 0. The molecule has 0 unspecified atom stereocenters. The van der Waals surface area contributed by atoms with Crippen molar-refractivity contribution in [1.29, 1.82) is 5.26 Å². The molecule has 1 heterocycles. The molecule has 6 heteroatoms. The van der Waals surface area contributed by atoms with Crippen molar-refractivity contribution in [2.75, 3.05) is 5.32 Å². The Morgan fingerprint density at radius 1 is 0.852 bits per heavy atom. The maximum Gasteiger partial charge on any atom is 0.387 e. The smallest absolute Gasteiger partial charge is 0.387 e. The molecule has 4 aromatic rings. The number of nitrogens with one attached hydrogen (secondary N) is 1. The van der Waals surface area contributed by atoms with Crippen LogP contribution < -0.4 is 9.88 Å². The molecule has 0 aliphatic carbocycles. The first-order valence-electron chi connectivity index (χ1n) is 8.27. The van der Waals surface area contributed by atoms with E-state index in [0.717, 1.165) is 23.0 Å². The van der Waals surface area contributed by atoms with E-state index in [-0.39, 0.29) is 0 Å². The van der Waals surface area contributed by atoms with Crippen molar-refractivity contribution in [2.24, 2.45) is 0 Å². The Kier molecular flexibility index (Phi) is 6.13. The lowest BCUT2D eigenvalue weighted by atomic mass is 10.3. The van der Waals surface area contributed by atoms with Gasteiger partial charge in [-0.25, -0.2) is 5.26 Å². The van der Waals surface area contributed by atoms with Crippen molar-refractivity contribution in [3.63, 3.8) is 0 Å². The van der Waals surface area contributed by atoms with Gasteiger partial charge in [0.25, 0.3) is 0 Å². The van der Waals surface area contributed by atoms with Gasteiger partial charge in [-0.05, 0) is 36.4 Å². The van der Waals surface area contributed by atoms with Gasteiger partial charge in [0, 0.05) is 5.10 Å². The Bertz CT molecular complexity index is 1010. The molecule has 5 nitrogen and oxygen atoms in total. The van der Waals surface area contributed by atoms with Crippen molar-refractivity contribution in [3.05, 3.63) is 97.3 Å². The van der Waals surface area contributed by atoms with E-state index in [2.05, 4.69) is 30.1 Å². The van der Waals surface area contributed by atoms with Gasteiger partial charge >= 0.3 is 5.95 Å². The molecule has 0 atom stereocenters. The van der Waals surface area contributed by atoms with E-state index in [0.29, 0.717) is 0 Å². The van der Waals surface area contributed by atoms with Crippen LogP contribution in [0.2, 0.25) is 0 Å². The minimum atomic E-state index is 0.760. The van der Waals surface area contributed by atoms with Gasteiger partial charge in [0.1, 0.15) is 5.69 Å². The summed E-state index contributed by atoms with van der Waals surface area (Å²) in [6.07, 6.45) is 1.98. The lowest BCUT2D eigenvalue weighted by molar-refractivity contribution is -0.581. The number of hydrogen-bond donors (Lipinski definition) is 1. The van der Waals surface area contributed by atoms with Crippen molar-refractivity contribution in [3.8, 4) is 16.8 Å². The number of rotatable bonds is 4. The fourth-order valence-electron chi connectivity index (χ4n) is 2.56. The summed E-state index contributed by atoms with van der Waals surface area (Å²) in [7, 11) is 0. The molecule has 132 valence electrons. The molecule has 0 amide bonds. The Morgan fingerprint density at radius 3 is 1.96 bits per heavy atom. The predicted octanol–water partition coefficient (Wildman–Crippen LogP) is 3.91. The molecule has 27 heavy (non-hydrogen) atoms. The summed E-state index contributed by atoms with van der Waals surface area (Å²) in [5.41, 5.74) is 3.07. The molecular weight excluding hydrogens is 354 g/mol. The van der Waals surface area contributed by atoms with Gasteiger partial charge in [0.15, 0.2) is 0 Å². The van der Waals surface area contributed by atoms with E-state index < -0.39 is 0 Å². The highest BCUT2D eigenvalue weighted by molar-refractivity contribution is 7.64. The minimum Gasteiger partial charge on any atom is -0.696 e. The molecule has 0 saturated heterocycles. The summed E-state index contributed by atoms with van der Waals surface area (Å²) >= 11 is 3.70. The largest absolute Gasteiger partial charge is 0.696 e. The molecular formula is C21H17N5S. The highest BCUT2D eigenvalue weighted by Crippen LogP contribution is 2.14. The fraction of sp³-hybridized carbons (Fsp3) is 0. The van der Waals surface area contributed by atoms with Crippen LogP contribution in [0.25, 0.3) is 11.4 Å². The lowest BCUT2D eigenvalue weighted by Crippen LogP contribution is -2.31. The predicted molar refractivity (Wildman–Crippen MR) is 108 cm³/mol. The van der Waals surface area contributed by atoms with Crippen molar-refractivity contribution >= 4 is 24.3 Å². The molecule has 0 radical (unpaired) electrons. The van der Waals surface area contributed by atoms with Crippen LogP contribution in [0.15, 0.2) is 97.3 Å². The van der Waals surface area contributed by atoms with Crippen molar-refractivity contribution in [2.45, 2.75) is 0 Å². The average molecular weight is 371 g/mol. The maximum absolute atomic E-state index is 7.13. The van der Waals surface area contributed by atoms with E-state index in [1.165, 1.54) is 5.40 Å². The molecule has 0 spiro atoms. The summed E-state index contributed by atoms with van der Waals surface area (Å²) < 4.78 is 3.91. The number of benzene rings is 3. The first-order chi connectivity index (χ1) is 13.3. The Hall–Kier alpha value is -3.69. The zero-order valence-corrected chi connectivity index (χ0v) is 15.3. The molecule has 0 aliphatic rings. The van der Waals surface area contributed by atoms with Crippen LogP contribution >= 0.6 is 0 Å². The van der Waals surface area contributed by atoms with Gasteiger partial charge < -0.3 is 12.6 Å². The molecule has 1 aromatic heterocycles. The van der Waals surface area contributed by atoms with E-state index in [9.17, 15) is 0 Å². The van der Waals surface area contributed by atoms with Gasteiger partial charge in [-0.15, -0.1) is 4.68 Å². The van der Waals surface area contributed by atoms with E-state index in [1.807, 2.05) is 94.4 Å². The molecule has 4 rings (SSSR count). The SMILES string of the molecule is N#C[S-].c1ccc(Nc2nn(-c3ccccc3)c[n+]2-c2ccccc2)cc1. The van der Waals surface area contributed by atoms with Gasteiger partial charge in [-0.3, -0.25) is 5.32 Å². The highest BCUT2D eigenvalue weighted by Gasteiger charge is 2.18. The second kappa shape index (κ2) is 9.13. The summed E-state index contributed by atoms with van der Waals surface area (Å²) in [6, 6.07) is 30.3. The normalized spacial score (nSPS) is 9.59. The zero-order valence-electron chi connectivity index (χ0n) is 14.4. The third-order valence-corrected chi connectivity index (χ3v) is 3.74. The third-order valence-electron chi connectivity index (χ3n) is 3.74. The number of thiocyanates is 1. The van der Waals surface area contributed by atoms with Gasteiger partial charge in [0.2, 0.25) is 6.33 Å². The second-order valence-corrected chi connectivity index (χ2v) is 5.69. The average Bonchev–Trinajstić information content (AvgIpc) is 3.14. The van der Waals surface area contributed by atoms with Crippen molar-refractivity contribution < 1.29 is 4.57 Å². The third kappa shape index (κ3) is 4.69. The minimum absolute atomic E-state index is 0.760. The Morgan fingerprint density at radius 2 is 1.37 bits per heavy atom. The van der Waals surface area contributed by atoms with Gasteiger partial charge in [-0.2, -0.15) is 4.57 Å². The van der Waals surface area contributed by atoms with Gasteiger partial charge in [-0.1, -0.05) is 60.0 Å². The Labute approximate surface area is 163 Å². The topological polar surface area (TPSA) is 57.5 Å². The molecule has 1 N–H and O–H groups in total. The Balaban J connectivity index is 0.000000659. The van der Waals surface area contributed by atoms with Crippen LogP contribution in [0.3, 0.4) is 0 Å². The quantitative estimate of drug-likeness (QED) is 0.336. The summed E-state index contributed by atoms with van der Waals surface area (Å²) in [5.74, 6) is 0.760. The lowest BCUT2D eigenvalue weighted by Gasteiger charge is -2.01.